The molecule has 1 N–H and O–H groups in total. The van der Waals surface area contributed by atoms with Crippen LogP contribution in [0.3, 0.4) is 0 Å². The molecule has 25 heavy (non-hydrogen) atoms. The molecule has 0 saturated heterocycles. The zero-order chi connectivity index (χ0) is 18.4. The van der Waals surface area contributed by atoms with Gasteiger partial charge in [-0.05, 0) is 24.3 Å². The smallest absolute Gasteiger partial charge is 0.321 e. The standard InChI is InChI=1S/C14H14ClN3O6S/c1-18(25(21,22)11-4-2-10(15)3-5-11)8-14(20)23-9-13(19)16-12-6-7-24-17-12/h2-7H,8-9H2,1H3,(H,16,17,19). The number of rotatable bonds is 7. The van der Waals surface area contributed by atoms with E-state index in [0.29, 0.717) is 5.02 Å². The Kier molecular flexibility index (Phi) is 6.12. The predicted molar refractivity (Wildman–Crippen MR) is 87.4 cm³/mol. The van der Waals surface area contributed by atoms with E-state index in [9.17, 15) is 18.0 Å². The van der Waals surface area contributed by atoms with Crippen molar-refractivity contribution in [1.29, 1.82) is 0 Å². The molecule has 0 bridgehead atoms. The minimum Gasteiger partial charge on any atom is -0.455 e. The van der Waals surface area contributed by atoms with E-state index >= 15 is 0 Å². The van der Waals surface area contributed by atoms with Crippen molar-refractivity contribution in [3.63, 3.8) is 0 Å². The molecule has 0 unspecified atom stereocenters. The van der Waals surface area contributed by atoms with Gasteiger partial charge >= 0.3 is 5.97 Å². The molecule has 0 aliphatic rings. The van der Waals surface area contributed by atoms with Crippen LogP contribution in [-0.2, 0) is 24.3 Å². The molecular formula is C14H14ClN3O6S. The first kappa shape index (κ1) is 18.9. The first-order valence-electron chi connectivity index (χ1n) is 6.87. The average Bonchev–Trinajstić information content (AvgIpc) is 3.06. The highest BCUT2D eigenvalue weighted by Gasteiger charge is 2.23. The van der Waals surface area contributed by atoms with Crippen LogP contribution >= 0.6 is 11.6 Å². The number of sulfonamides is 1. The molecule has 0 fully saturated rings. The number of halogens is 1. The summed E-state index contributed by atoms with van der Waals surface area (Å²) in [5.41, 5.74) is 0. The summed E-state index contributed by atoms with van der Waals surface area (Å²) in [7, 11) is -2.66. The largest absolute Gasteiger partial charge is 0.455 e. The van der Waals surface area contributed by atoms with Crippen molar-refractivity contribution >= 4 is 39.3 Å². The summed E-state index contributed by atoms with van der Waals surface area (Å²) in [6, 6.07) is 6.91. The summed E-state index contributed by atoms with van der Waals surface area (Å²) < 4.78 is 34.7. The number of anilines is 1. The lowest BCUT2D eigenvalue weighted by atomic mass is 10.4. The van der Waals surface area contributed by atoms with Crippen LogP contribution in [0.25, 0.3) is 0 Å². The van der Waals surface area contributed by atoms with Gasteiger partial charge in [0.2, 0.25) is 10.0 Å². The number of nitrogens with zero attached hydrogens (tertiary/aromatic N) is 2. The van der Waals surface area contributed by atoms with Gasteiger partial charge in [0.25, 0.3) is 5.91 Å². The van der Waals surface area contributed by atoms with Crippen molar-refractivity contribution < 1.29 is 27.3 Å². The fourth-order valence-electron chi connectivity index (χ4n) is 1.70. The number of aromatic nitrogens is 1. The van der Waals surface area contributed by atoms with Gasteiger partial charge in [0.05, 0.1) is 4.90 Å². The van der Waals surface area contributed by atoms with Crippen LogP contribution in [0.4, 0.5) is 5.82 Å². The molecule has 1 aromatic carbocycles. The number of carbonyl (C=O) groups excluding carboxylic acids is 2. The van der Waals surface area contributed by atoms with Gasteiger partial charge in [-0.3, -0.25) is 9.59 Å². The van der Waals surface area contributed by atoms with Crippen molar-refractivity contribution in [1.82, 2.24) is 9.46 Å². The molecule has 2 aromatic rings. The highest BCUT2D eigenvalue weighted by Crippen LogP contribution is 2.17. The Morgan fingerprint density at radius 3 is 2.56 bits per heavy atom. The maximum absolute atomic E-state index is 12.3. The molecule has 0 radical (unpaired) electrons. The molecule has 0 aliphatic carbocycles. The summed E-state index contributed by atoms with van der Waals surface area (Å²) in [5, 5.41) is 6.17. The normalized spacial score (nSPS) is 11.3. The third kappa shape index (κ3) is 5.28. The molecular weight excluding hydrogens is 374 g/mol. The summed E-state index contributed by atoms with van der Waals surface area (Å²) in [6.07, 6.45) is 1.26. The van der Waals surface area contributed by atoms with E-state index in [4.69, 9.17) is 16.3 Å². The Labute approximate surface area is 148 Å². The van der Waals surface area contributed by atoms with E-state index in [0.717, 1.165) is 4.31 Å². The highest BCUT2D eigenvalue weighted by atomic mass is 35.5. The van der Waals surface area contributed by atoms with Gasteiger partial charge in [-0.15, -0.1) is 0 Å². The van der Waals surface area contributed by atoms with Crippen LogP contribution in [-0.4, -0.2) is 50.0 Å². The van der Waals surface area contributed by atoms with E-state index in [1.54, 1.807) is 0 Å². The zero-order valence-electron chi connectivity index (χ0n) is 13.0. The van der Waals surface area contributed by atoms with Gasteiger partial charge in [0.1, 0.15) is 12.8 Å². The number of hydrogen-bond acceptors (Lipinski definition) is 7. The Hall–Kier alpha value is -2.43. The fourth-order valence-corrected chi connectivity index (χ4v) is 2.94. The Morgan fingerprint density at radius 2 is 1.96 bits per heavy atom. The fraction of sp³-hybridized carbons (Fsp3) is 0.214. The van der Waals surface area contributed by atoms with Gasteiger partial charge in [-0.1, -0.05) is 16.8 Å². The van der Waals surface area contributed by atoms with Crippen molar-refractivity contribution in [2.45, 2.75) is 4.90 Å². The maximum Gasteiger partial charge on any atom is 0.321 e. The van der Waals surface area contributed by atoms with Crippen LogP contribution in [0.2, 0.25) is 5.02 Å². The van der Waals surface area contributed by atoms with E-state index in [-0.39, 0.29) is 10.7 Å². The minimum atomic E-state index is -3.88. The quantitative estimate of drug-likeness (QED) is 0.707. The van der Waals surface area contributed by atoms with Crippen LogP contribution in [0, 0.1) is 0 Å². The molecule has 0 spiro atoms. The monoisotopic (exact) mass is 387 g/mol. The lowest BCUT2D eigenvalue weighted by Crippen LogP contribution is -2.34. The highest BCUT2D eigenvalue weighted by molar-refractivity contribution is 7.89. The molecule has 2 rings (SSSR count). The molecule has 0 atom stereocenters. The van der Waals surface area contributed by atoms with Gasteiger partial charge < -0.3 is 14.6 Å². The molecule has 134 valence electrons. The van der Waals surface area contributed by atoms with Gasteiger partial charge in [-0.25, -0.2) is 8.42 Å². The van der Waals surface area contributed by atoms with E-state index < -0.39 is 35.1 Å². The molecule has 1 heterocycles. The molecule has 11 heteroatoms. The van der Waals surface area contributed by atoms with Crippen LogP contribution in [0.5, 0.6) is 0 Å². The second kappa shape index (κ2) is 8.10. The number of likely N-dealkylation sites (N-methyl/N-ethyl adjacent to an activating group) is 1. The number of ether oxygens (including phenoxy) is 1. The number of benzene rings is 1. The van der Waals surface area contributed by atoms with Gasteiger partial charge in [-0.2, -0.15) is 4.31 Å². The maximum atomic E-state index is 12.3. The molecule has 0 saturated carbocycles. The molecule has 0 aliphatic heterocycles. The first-order chi connectivity index (χ1) is 11.8. The van der Waals surface area contributed by atoms with E-state index in [1.165, 1.54) is 43.6 Å². The number of amides is 1. The second-order valence-electron chi connectivity index (χ2n) is 4.81. The lowest BCUT2D eigenvalue weighted by molar-refractivity contribution is -0.147. The Balaban J connectivity index is 1.86. The average molecular weight is 388 g/mol. The minimum absolute atomic E-state index is 0.0176. The topological polar surface area (TPSA) is 119 Å². The molecule has 1 amide bonds. The van der Waals surface area contributed by atoms with E-state index in [2.05, 4.69) is 15.0 Å². The van der Waals surface area contributed by atoms with Crippen molar-refractivity contribution in [2.24, 2.45) is 0 Å². The van der Waals surface area contributed by atoms with Gasteiger partial charge in [0, 0.05) is 18.1 Å². The number of nitrogens with one attached hydrogen (secondary N) is 1. The van der Waals surface area contributed by atoms with Gasteiger partial charge in [0.15, 0.2) is 12.4 Å². The predicted octanol–water partition coefficient (Wildman–Crippen LogP) is 1.13. The van der Waals surface area contributed by atoms with Crippen molar-refractivity contribution in [3.05, 3.63) is 41.6 Å². The lowest BCUT2D eigenvalue weighted by Gasteiger charge is -2.16. The van der Waals surface area contributed by atoms with E-state index in [1.807, 2.05) is 0 Å². The number of hydrogen-bond donors (Lipinski definition) is 1. The summed E-state index contributed by atoms with van der Waals surface area (Å²) >= 11 is 5.72. The Morgan fingerprint density at radius 1 is 1.28 bits per heavy atom. The molecule has 9 nitrogen and oxygen atoms in total. The van der Waals surface area contributed by atoms with Crippen LogP contribution in [0.15, 0.2) is 46.0 Å². The molecule has 1 aromatic heterocycles. The summed E-state index contributed by atoms with van der Waals surface area (Å²) in [6.45, 7) is -1.14. The van der Waals surface area contributed by atoms with Crippen LogP contribution in [0.1, 0.15) is 0 Å². The Bertz CT molecular complexity index is 836. The summed E-state index contributed by atoms with van der Waals surface area (Å²) in [5.74, 6) is -1.34. The number of carbonyl (C=O) groups is 2. The van der Waals surface area contributed by atoms with Crippen molar-refractivity contribution in [2.75, 3.05) is 25.5 Å². The summed E-state index contributed by atoms with van der Waals surface area (Å²) in [4.78, 5) is 23.2. The van der Waals surface area contributed by atoms with Crippen LogP contribution < -0.4 is 5.32 Å². The number of esters is 1. The third-order valence-electron chi connectivity index (χ3n) is 2.94. The third-order valence-corrected chi connectivity index (χ3v) is 5.01. The SMILES string of the molecule is CN(CC(=O)OCC(=O)Nc1ccon1)S(=O)(=O)c1ccc(Cl)cc1. The second-order valence-corrected chi connectivity index (χ2v) is 7.29. The van der Waals surface area contributed by atoms with Crippen molar-refractivity contribution in [3.8, 4) is 0 Å². The first-order valence-corrected chi connectivity index (χ1v) is 8.68. The zero-order valence-corrected chi connectivity index (χ0v) is 14.6.